The maximum atomic E-state index is 5.78. The van der Waals surface area contributed by atoms with Gasteiger partial charge < -0.3 is 10.3 Å². The van der Waals surface area contributed by atoms with Crippen LogP contribution >= 0.6 is 28.1 Å². The smallest absolute Gasteiger partial charge is 0.104 e. The van der Waals surface area contributed by atoms with E-state index in [1.807, 2.05) is 24.3 Å². The second kappa shape index (κ2) is 5.38. The predicted molar refractivity (Wildman–Crippen MR) is 91.1 cm³/mol. The molecule has 0 fully saturated rings. The van der Waals surface area contributed by atoms with Crippen LogP contribution in [-0.2, 0) is 6.54 Å². The van der Waals surface area contributed by atoms with Crippen LogP contribution in [0.1, 0.15) is 11.1 Å². The van der Waals surface area contributed by atoms with Gasteiger partial charge >= 0.3 is 0 Å². The van der Waals surface area contributed by atoms with E-state index < -0.39 is 0 Å². The first-order chi connectivity index (χ1) is 9.66. The quantitative estimate of drug-likeness (QED) is 0.725. The molecule has 2 N–H and O–H groups in total. The van der Waals surface area contributed by atoms with Crippen molar-refractivity contribution in [3.05, 3.63) is 70.3 Å². The number of fused-ring (bicyclic) bond motifs is 1. The van der Waals surface area contributed by atoms with E-state index in [0.29, 0.717) is 4.99 Å². The third-order valence-corrected chi connectivity index (χ3v) is 4.37. The Bertz CT molecular complexity index is 792. The Kier molecular flexibility index (Phi) is 3.59. The molecule has 0 amide bonds. The summed E-state index contributed by atoms with van der Waals surface area (Å²) < 4.78 is 3.32. The molecule has 0 saturated heterocycles. The Morgan fingerprint density at radius 1 is 1.10 bits per heavy atom. The first kappa shape index (κ1) is 13.3. The summed E-state index contributed by atoms with van der Waals surface area (Å²) in [6.07, 6.45) is 2.08. The van der Waals surface area contributed by atoms with Crippen LogP contribution in [0.15, 0.2) is 59.2 Å². The van der Waals surface area contributed by atoms with E-state index in [4.69, 9.17) is 18.0 Å². The van der Waals surface area contributed by atoms with Crippen molar-refractivity contribution >= 4 is 44.0 Å². The molecule has 0 aliphatic carbocycles. The van der Waals surface area contributed by atoms with Crippen LogP contribution in [-0.4, -0.2) is 9.56 Å². The lowest BCUT2D eigenvalue weighted by molar-refractivity contribution is 0.833. The van der Waals surface area contributed by atoms with E-state index in [-0.39, 0.29) is 0 Å². The number of hydrogen-bond donors (Lipinski definition) is 1. The van der Waals surface area contributed by atoms with Crippen LogP contribution < -0.4 is 5.73 Å². The SMILES string of the molecule is NC(=S)c1cccc2c1ccn2Cc1ccccc1Br. The molecule has 1 heterocycles. The molecule has 0 aliphatic heterocycles. The van der Waals surface area contributed by atoms with Gasteiger partial charge in [0.1, 0.15) is 4.99 Å². The van der Waals surface area contributed by atoms with E-state index in [2.05, 4.69) is 51.0 Å². The fourth-order valence-corrected chi connectivity index (χ4v) is 2.97. The summed E-state index contributed by atoms with van der Waals surface area (Å²) in [4.78, 5) is 0.439. The van der Waals surface area contributed by atoms with Crippen molar-refractivity contribution in [3.63, 3.8) is 0 Å². The Balaban J connectivity index is 2.08. The molecule has 0 radical (unpaired) electrons. The van der Waals surface area contributed by atoms with Crippen LogP contribution in [0.2, 0.25) is 0 Å². The van der Waals surface area contributed by atoms with Crippen molar-refractivity contribution in [2.24, 2.45) is 5.73 Å². The topological polar surface area (TPSA) is 30.9 Å². The number of rotatable bonds is 3. The fourth-order valence-electron chi connectivity index (χ4n) is 2.39. The highest BCUT2D eigenvalue weighted by atomic mass is 79.9. The van der Waals surface area contributed by atoms with Crippen molar-refractivity contribution in [2.45, 2.75) is 6.54 Å². The molecule has 0 aliphatic rings. The number of benzene rings is 2. The van der Waals surface area contributed by atoms with Gasteiger partial charge in [0.15, 0.2) is 0 Å². The van der Waals surface area contributed by atoms with Gasteiger partial charge in [0.25, 0.3) is 0 Å². The van der Waals surface area contributed by atoms with Gasteiger partial charge in [-0.2, -0.15) is 0 Å². The van der Waals surface area contributed by atoms with E-state index in [1.54, 1.807) is 0 Å². The summed E-state index contributed by atoms with van der Waals surface area (Å²) >= 11 is 8.70. The van der Waals surface area contributed by atoms with Crippen LogP contribution in [0.25, 0.3) is 10.9 Å². The Labute approximate surface area is 131 Å². The summed E-state index contributed by atoms with van der Waals surface area (Å²) in [6, 6.07) is 16.4. The monoisotopic (exact) mass is 344 g/mol. The van der Waals surface area contributed by atoms with E-state index in [9.17, 15) is 0 Å². The van der Waals surface area contributed by atoms with Gasteiger partial charge in [-0.1, -0.05) is 58.5 Å². The molecule has 1 aromatic heterocycles. The summed E-state index contributed by atoms with van der Waals surface area (Å²) in [7, 11) is 0. The average molecular weight is 345 g/mol. The van der Waals surface area contributed by atoms with Gasteiger partial charge in [-0.05, 0) is 23.8 Å². The first-order valence-electron chi connectivity index (χ1n) is 6.28. The lowest BCUT2D eigenvalue weighted by atomic mass is 10.1. The molecule has 0 bridgehead atoms. The number of thiocarbonyl (C=S) groups is 1. The number of aromatic nitrogens is 1. The van der Waals surface area contributed by atoms with Gasteiger partial charge in [0.2, 0.25) is 0 Å². The first-order valence-corrected chi connectivity index (χ1v) is 7.48. The standard InChI is InChI=1S/C16H13BrN2S/c17-14-6-2-1-4-11(14)10-19-9-8-12-13(16(18)20)5-3-7-15(12)19/h1-9H,10H2,(H2,18,20). The zero-order valence-electron chi connectivity index (χ0n) is 10.7. The van der Waals surface area contributed by atoms with Crippen LogP contribution in [0.3, 0.4) is 0 Å². The molecule has 100 valence electrons. The summed E-state index contributed by atoms with van der Waals surface area (Å²) in [5.41, 5.74) is 9.10. The van der Waals surface area contributed by atoms with Gasteiger partial charge in [-0.25, -0.2) is 0 Å². The van der Waals surface area contributed by atoms with Crippen LogP contribution in [0.5, 0.6) is 0 Å². The van der Waals surface area contributed by atoms with Crippen LogP contribution in [0, 0.1) is 0 Å². The molecule has 0 atom stereocenters. The molecule has 2 aromatic carbocycles. The fraction of sp³-hybridized carbons (Fsp3) is 0.0625. The molecule has 0 spiro atoms. The molecule has 2 nitrogen and oxygen atoms in total. The minimum absolute atomic E-state index is 0.439. The highest BCUT2D eigenvalue weighted by Gasteiger charge is 2.08. The average Bonchev–Trinajstić information content (AvgIpc) is 2.84. The maximum Gasteiger partial charge on any atom is 0.104 e. The number of halogens is 1. The van der Waals surface area contributed by atoms with Gasteiger partial charge in [-0.3, -0.25) is 0 Å². The summed E-state index contributed by atoms with van der Waals surface area (Å²) in [5.74, 6) is 0. The molecular formula is C16H13BrN2S. The Morgan fingerprint density at radius 3 is 2.65 bits per heavy atom. The molecule has 4 heteroatoms. The van der Waals surface area contributed by atoms with E-state index in [0.717, 1.165) is 27.5 Å². The molecule has 3 rings (SSSR count). The molecule has 3 aromatic rings. The zero-order chi connectivity index (χ0) is 14.1. The Hall–Kier alpha value is -1.65. The second-order valence-electron chi connectivity index (χ2n) is 4.64. The highest BCUT2D eigenvalue weighted by molar-refractivity contribution is 9.10. The van der Waals surface area contributed by atoms with Gasteiger partial charge in [0.05, 0.1) is 0 Å². The largest absolute Gasteiger partial charge is 0.389 e. The number of nitrogens with zero attached hydrogens (tertiary/aromatic N) is 1. The zero-order valence-corrected chi connectivity index (χ0v) is 13.1. The third kappa shape index (κ3) is 2.37. The number of nitrogens with two attached hydrogens (primary N) is 1. The van der Waals surface area contributed by atoms with Gasteiger partial charge in [-0.15, -0.1) is 0 Å². The Morgan fingerprint density at radius 2 is 1.90 bits per heavy atom. The van der Waals surface area contributed by atoms with Crippen molar-refractivity contribution in [2.75, 3.05) is 0 Å². The molecule has 0 saturated carbocycles. The third-order valence-electron chi connectivity index (χ3n) is 3.38. The minimum Gasteiger partial charge on any atom is -0.389 e. The minimum atomic E-state index is 0.439. The van der Waals surface area contributed by atoms with Gasteiger partial charge in [0, 0.05) is 33.7 Å². The number of hydrogen-bond acceptors (Lipinski definition) is 1. The highest BCUT2D eigenvalue weighted by Crippen LogP contribution is 2.23. The lowest BCUT2D eigenvalue weighted by Crippen LogP contribution is -2.09. The second-order valence-corrected chi connectivity index (χ2v) is 5.93. The predicted octanol–water partition coefficient (Wildman–Crippen LogP) is 4.09. The van der Waals surface area contributed by atoms with Crippen molar-refractivity contribution in [1.29, 1.82) is 0 Å². The molecular weight excluding hydrogens is 332 g/mol. The van der Waals surface area contributed by atoms with E-state index in [1.165, 1.54) is 5.56 Å². The van der Waals surface area contributed by atoms with Crippen molar-refractivity contribution in [3.8, 4) is 0 Å². The van der Waals surface area contributed by atoms with E-state index >= 15 is 0 Å². The summed E-state index contributed by atoms with van der Waals surface area (Å²) in [6.45, 7) is 0.811. The summed E-state index contributed by atoms with van der Waals surface area (Å²) in [5, 5.41) is 1.10. The normalized spacial score (nSPS) is 10.8. The maximum absolute atomic E-state index is 5.78. The van der Waals surface area contributed by atoms with Crippen LogP contribution in [0.4, 0.5) is 0 Å². The van der Waals surface area contributed by atoms with Crippen molar-refractivity contribution in [1.82, 2.24) is 4.57 Å². The lowest BCUT2D eigenvalue weighted by Gasteiger charge is -2.08. The van der Waals surface area contributed by atoms with Crippen molar-refractivity contribution < 1.29 is 0 Å². The molecule has 0 unspecified atom stereocenters. The molecule has 20 heavy (non-hydrogen) atoms.